The number of hydrogen-bond acceptors (Lipinski definition) is 1. The molecule has 0 heterocycles. The lowest BCUT2D eigenvalue weighted by molar-refractivity contribution is -0.116. The second-order valence-electron chi connectivity index (χ2n) is 3.05. The van der Waals surface area contributed by atoms with Crippen molar-refractivity contribution in [2.45, 2.75) is 34.1 Å². The molecule has 0 unspecified atom stereocenters. The normalized spacial score (nSPS) is 9.08. The fourth-order valence-electron chi connectivity index (χ4n) is 1.18. The quantitative estimate of drug-likeness (QED) is 0.695. The second-order valence-corrected chi connectivity index (χ2v) is 3.05. The maximum Gasteiger partial charge on any atom is 0.134 e. The van der Waals surface area contributed by atoms with Gasteiger partial charge in [-0.2, -0.15) is 0 Å². The average Bonchev–Trinajstić information content (AvgIpc) is 2.05. The fourth-order valence-corrected chi connectivity index (χ4v) is 1.18. The Morgan fingerprint density at radius 2 is 1.62 bits per heavy atom. The maximum atomic E-state index is 10.8. The largest absolute Gasteiger partial charge is 0.300 e. The van der Waals surface area contributed by atoms with E-state index >= 15 is 0 Å². The van der Waals surface area contributed by atoms with E-state index in [9.17, 15) is 4.79 Å². The molecule has 1 nitrogen and oxygen atoms in total. The first-order chi connectivity index (χ1) is 5.72. The maximum absolute atomic E-state index is 10.8. The summed E-state index contributed by atoms with van der Waals surface area (Å²) in [6.07, 6.45) is 1.62. The van der Waals surface area contributed by atoms with Crippen LogP contribution in [0, 0.1) is 0 Å². The molecule has 13 heavy (non-hydrogen) atoms. The standard InChI is InChI=1S/C11H14O.CH4/c1-3-10-4-6-11(7-5-10)8-9(2)12;/h4-7H,3,8H2,1-2H3;1H4. The van der Waals surface area contributed by atoms with Gasteiger partial charge >= 0.3 is 0 Å². The zero-order valence-corrected chi connectivity index (χ0v) is 7.63. The summed E-state index contributed by atoms with van der Waals surface area (Å²) in [6.45, 7) is 3.74. The van der Waals surface area contributed by atoms with Crippen molar-refractivity contribution in [1.82, 2.24) is 0 Å². The lowest BCUT2D eigenvalue weighted by Gasteiger charge is -1.99. The van der Waals surface area contributed by atoms with Gasteiger partial charge in [-0.25, -0.2) is 0 Å². The highest BCUT2D eigenvalue weighted by Gasteiger charge is 1.96. The van der Waals surface area contributed by atoms with Crippen molar-refractivity contribution in [2.75, 3.05) is 0 Å². The topological polar surface area (TPSA) is 17.1 Å². The minimum Gasteiger partial charge on any atom is -0.300 e. The number of ketones is 1. The van der Waals surface area contributed by atoms with Gasteiger partial charge in [0, 0.05) is 6.42 Å². The molecule has 72 valence electrons. The van der Waals surface area contributed by atoms with Crippen molar-refractivity contribution in [2.24, 2.45) is 0 Å². The third-order valence-electron chi connectivity index (χ3n) is 1.88. The Morgan fingerprint density at radius 3 is 2.00 bits per heavy atom. The molecule has 0 aliphatic heterocycles. The van der Waals surface area contributed by atoms with Crippen LogP contribution in [0.15, 0.2) is 24.3 Å². The van der Waals surface area contributed by atoms with Crippen molar-refractivity contribution < 1.29 is 4.79 Å². The van der Waals surface area contributed by atoms with Gasteiger partial charge in [0.05, 0.1) is 0 Å². The predicted molar refractivity (Wildman–Crippen MR) is 56.9 cm³/mol. The molecule has 0 bridgehead atoms. The van der Waals surface area contributed by atoms with E-state index in [1.165, 1.54) is 5.56 Å². The van der Waals surface area contributed by atoms with E-state index in [1.807, 2.05) is 12.1 Å². The van der Waals surface area contributed by atoms with Gasteiger partial charge in [0.15, 0.2) is 0 Å². The van der Waals surface area contributed by atoms with Crippen LogP contribution in [0.5, 0.6) is 0 Å². The molecule has 1 aromatic rings. The van der Waals surface area contributed by atoms with Crippen LogP contribution in [0.25, 0.3) is 0 Å². The Bertz CT molecular complexity index is 259. The lowest BCUT2D eigenvalue weighted by atomic mass is 10.1. The number of carbonyl (C=O) groups is 1. The highest BCUT2D eigenvalue weighted by atomic mass is 16.1. The Balaban J connectivity index is 0.00000144. The first-order valence-corrected chi connectivity index (χ1v) is 4.29. The molecule has 1 rings (SSSR count). The fraction of sp³-hybridized carbons (Fsp3) is 0.417. The van der Waals surface area contributed by atoms with Crippen LogP contribution < -0.4 is 0 Å². The van der Waals surface area contributed by atoms with Crippen LogP contribution in [0.3, 0.4) is 0 Å². The predicted octanol–water partition coefficient (Wildman–Crippen LogP) is 3.02. The third kappa shape index (κ3) is 3.88. The molecule has 0 N–H and O–H groups in total. The van der Waals surface area contributed by atoms with Gasteiger partial charge in [-0.1, -0.05) is 38.6 Å². The SMILES string of the molecule is C.CCc1ccc(CC(C)=O)cc1. The number of hydrogen-bond donors (Lipinski definition) is 0. The number of carbonyl (C=O) groups excluding carboxylic acids is 1. The molecular formula is C12H18O. The van der Waals surface area contributed by atoms with Gasteiger partial charge < -0.3 is 0 Å². The minimum atomic E-state index is 0. The van der Waals surface area contributed by atoms with Crippen LogP contribution >= 0.6 is 0 Å². The summed E-state index contributed by atoms with van der Waals surface area (Å²) in [5.74, 6) is 0.222. The van der Waals surface area contributed by atoms with Crippen LogP contribution in [0.1, 0.15) is 32.4 Å². The number of rotatable bonds is 3. The van der Waals surface area contributed by atoms with Gasteiger partial charge in [0.1, 0.15) is 5.78 Å². The summed E-state index contributed by atoms with van der Waals surface area (Å²) in [7, 11) is 0. The molecule has 0 aromatic heterocycles. The van der Waals surface area contributed by atoms with Crippen LogP contribution in [-0.4, -0.2) is 5.78 Å². The highest BCUT2D eigenvalue weighted by molar-refractivity contribution is 5.78. The van der Waals surface area contributed by atoms with Gasteiger partial charge in [0.2, 0.25) is 0 Å². The first kappa shape index (κ1) is 11.9. The molecule has 0 amide bonds. The molecule has 0 fully saturated rings. The monoisotopic (exact) mass is 178 g/mol. The molecule has 0 aliphatic rings. The molecule has 0 aliphatic carbocycles. The van der Waals surface area contributed by atoms with Crippen molar-refractivity contribution in [3.63, 3.8) is 0 Å². The summed E-state index contributed by atoms with van der Waals surface area (Å²) in [4.78, 5) is 10.8. The van der Waals surface area contributed by atoms with E-state index < -0.39 is 0 Å². The van der Waals surface area contributed by atoms with Crippen LogP contribution in [0.2, 0.25) is 0 Å². The lowest BCUT2D eigenvalue weighted by Crippen LogP contribution is -1.95. The molecular weight excluding hydrogens is 160 g/mol. The zero-order valence-electron chi connectivity index (χ0n) is 7.63. The molecule has 1 aromatic carbocycles. The van der Waals surface area contributed by atoms with Gasteiger partial charge in [-0.3, -0.25) is 4.79 Å². The molecule has 0 atom stereocenters. The number of aryl methyl sites for hydroxylation is 1. The number of benzene rings is 1. The summed E-state index contributed by atoms with van der Waals surface area (Å²) < 4.78 is 0. The van der Waals surface area contributed by atoms with E-state index in [0.29, 0.717) is 6.42 Å². The molecule has 0 radical (unpaired) electrons. The van der Waals surface area contributed by atoms with E-state index in [2.05, 4.69) is 19.1 Å². The van der Waals surface area contributed by atoms with Gasteiger partial charge in [0.25, 0.3) is 0 Å². The van der Waals surface area contributed by atoms with Crippen molar-refractivity contribution >= 4 is 5.78 Å². The first-order valence-electron chi connectivity index (χ1n) is 4.29. The zero-order chi connectivity index (χ0) is 8.97. The molecule has 1 heteroatoms. The average molecular weight is 178 g/mol. The van der Waals surface area contributed by atoms with Gasteiger partial charge in [-0.15, -0.1) is 0 Å². The van der Waals surface area contributed by atoms with Crippen LogP contribution in [0.4, 0.5) is 0 Å². The third-order valence-corrected chi connectivity index (χ3v) is 1.88. The number of Topliss-reactive ketones (excluding diaryl/α,β-unsaturated/α-hetero) is 1. The van der Waals surface area contributed by atoms with Crippen molar-refractivity contribution in [3.05, 3.63) is 35.4 Å². The Hall–Kier alpha value is -1.11. The summed E-state index contributed by atoms with van der Waals surface area (Å²) >= 11 is 0. The Kier molecular flexibility index (Phi) is 5.05. The summed E-state index contributed by atoms with van der Waals surface area (Å²) in [5.41, 5.74) is 2.43. The van der Waals surface area contributed by atoms with Crippen LogP contribution in [-0.2, 0) is 17.6 Å². The molecule has 0 saturated heterocycles. The smallest absolute Gasteiger partial charge is 0.134 e. The molecule has 0 spiro atoms. The minimum absolute atomic E-state index is 0. The van der Waals surface area contributed by atoms with E-state index in [4.69, 9.17) is 0 Å². The van der Waals surface area contributed by atoms with Crippen molar-refractivity contribution in [1.29, 1.82) is 0 Å². The summed E-state index contributed by atoms with van der Waals surface area (Å²) in [6, 6.07) is 8.22. The highest BCUT2D eigenvalue weighted by Crippen LogP contribution is 2.05. The Labute approximate surface area is 80.8 Å². The molecule has 0 saturated carbocycles. The Morgan fingerprint density at radius 1 is 1.15 bits per heavy atom. The van der Waals surface area contributed by atoms with E-state index in [-0.39, 0.29) is 13.2 Å². The summed E-state index contributed by atoms with van der Waals surface area (Å²) in [5, 5.41) is 0. The van der Waals surface area contributed by atoms with Crippen molar-refractivity contribution in [3.8, 4) is 0 Å². The van der Waals surface area contributed by atoms with Gasteiger partial charge in [-0.05, 0) is 24.5 Å². The second kappa shape index (κ2) is 5.52. The van der Waals surface area contributed by atoms with E-state index in [0.717, 1.165) is 12.0 Å². The van der Waals surface area contributed by atoms with E-state index in [1.54, 1.807) is 6.92 Å².